The van der Waals surface area contributed by atoms with Crippen molar-refractivity contribution in [1.82, 2.24) is 5.32 Å². The lowest BCUT2D eigenvalue weighted by Crippen LogP contribution is -2.34. The fourth-order valence-corrected chi connectivity index (χ4v) is 2.12. The third-order valence-corrected chi connectivity index (χ3v) is 3.07. The Balaban J connectivity index is 2.04. The van der Waals surface area contributed by atoms with Gasteiger partial charge in [-0.25, -0.2) is 0 Å². The maximum atomic E-state index is 11.2. The van der Waals surface area contributed by atoms with E-state index in [1.54, 1.807) is 18.2 Å². The molecule has 0 aromatic heterocycles. The van der Waals surface area contributed by atoms with Crippen molar-refractivity contribution < 1.29 is 19.7 Å². The van der Waals surface area contributed by atoms with Gasteiger partial charge >= 0.3 is 5.97 Å². The Labute approximate surface area is 105 Å². The number of para-hydroxylation sites is 1. The summed E-state index contributed by atoms with van der Waals surface area (Å²) in [7, 11) is 0. The zero-order valence-corrected chi connectivity index (χ0v) is 10.0. The van der Waals surface area contributed by atoms with Gasteiger partial charge in [-0.3, -0.25) is 10.1 Å². The molecule has 1 heterocycles. The molecule has 3 N–H and O–H groups in total. The van der Waals surface area contributed by atoms with Crippen LogP contribution < -0.4 is 5.32 Å². The van der Waals surface area contributed by atoms with Gasteiger partial charge in [0.2, 0.25) is 0 Å². The highest BCUT2D eigenvalue weighted by Crippen LogP contribution is 2.24. The van der Waals surface area contributed by atoms with E-state index in [1.165, 1.54) is 6.07 Å². The molecule has 1 fully saturated rings. The Morgan fingerprint density at radius 2 is 2.28 bits per heavy atom. The third kappa shape index (κ3) is 3.00. The van der Waals surface area contributed by atoms with Crippen LogP contribution in [0.15, 0.2) is 24.3 Å². The molecule has 0 saturated carbocycles. The van der Waals surface area contributed by atoms with Crippen LogP contribution in [0, 0.1) is 0 Å². The molecule has 2 atom stereocenters. The van der Waals surface area contributed by atoms with E-state index in [9.17, 15) is 15.0 Å². The van der Waals surface area contributed by atoms with E-state index in [1.807, 2.05) is 0 Å². The van der Waals surface area contributed by atoms with Crippen LogP contribution in [0.5, 0.6) is 5.75 Å². The Bertz CT molecular complexity index is 415. The zero-order valence-electron chi connectivity index (χ0n) is 10.0. The molecule has 2 rings (SSSR count). The van der Waals surface area contributed by atoms with Crippen molar-refractivity contribution in [2.75, 3.05) is 13.2 Å². The highest BCUT2D eigenvalue weighted by atomic mass is 16.5. The number of nitrogens with one attached hydrogen (secondary N) is 1. The van der Waals surface area contributed by atoms with Gasteiger partial charge in [-0.2, -0.15) is 0 Å². The first kappa shape index (κ1) is 12.9. The number of benzene rings is 1. The van der Waals surface area contributed by atoms with Crippen molar-refractivity contribution in [3.8, 4) is 5.75 Å². The number of ether oxygens (including phenoxy) is 1. The van der Waals surface area contributed by atoms with E-state index < -0.39 is 12.0 Å². The third-order valence-electron chi connectivity index (χ3n) is 3.07. The Kier molecular flexibility index (Phi) is 4.17. The molecule has 0 spiro atoms. The summed E-state index contributed by atoms with van der Waals surface area (Å²) in [4.78, 5) is 11.2. The van der Waals surface area contributed by atoms with Crippen LogP contribution in [0.25, 0.3) is 0 Å². The summed E-state index contributed by atoms with van der Waals surface area (Å²) < 4.78 is 5.43. The maximum Gasteiger partial charge on any atom is 0.325 e. The van der Waals surface area contributed by atoms with Crippen LogP contribution in [0.4, 0.5) is 0 Å². The number of aliphatic carboxylic acids is 1. The van der Waals surface area contributed by atoms with E-state index >= 15 is 0 Å². The SMILES string of the molecule is O=C(O)C(NCC1CCCO1)c1ccccc1O. The van der Waals surface area contributed by atoms with Crippen molar-refractivity contribution in [1.29, 1.82) is 0 Å². The van der Waals surface area contributed by atoms with Crippen molar-refractivity contribution in [2.45, 2.75) is 25.0 Å². The molecule has 1 saturated heterocycles. The van der Waals surface area contributed by atoms with E-state index in [0.717, 1.165) is 19.4 Å². The lowest BCUT2D eigenvalue weighted by atomic mass is 10.1. The quantitative estimate of drug-likeness (QED) is 0.735. The van der Waals surface area contributed by atoms with Crippen LogP contribution in [-0.2, 0) is 9.53 Å². The van der Waals surface area contributed by atoms with Gasteiger partial charge in [0.15, 0.2) is 0 Å². The molecular weight excluding hydrogens is 234 g/mol. The van der Waals surface area contributed by atoms with Gasteiger partial charge in [0.25, 0.3) is 0 Å². The second kappa shape index (κ2) is 5.84. The minimum Gasteiger partial charge on any atom is -0.508 e. The first-order valence-corrected chi connectivity index (χ1v) is 6.04. The van der Waals surface area contributed by atoms with Gasteiger partial charge in [0, 0.05) is 18.7 Å². The number of hydrogen-bond acceptors (Lipinski definition) is 4. The Morgan fingerprint density at radius 3 is 2.89 bits per heavy atom. The van der Waals surface area contributed by atoms with Crippen LogP contribution >= 0.6 is 0 Å². The summed E-state index contributed by atoms with van der Waals surface area (Å²) in [6, 6.07) is 5.56. The predicted molar refractivity (Wildman–Crippen MR) is 65.5 cm³/mol. The molecule has 98 valence electrons. The molecule has 2 unspecified atom stereocenters. The molecule has 0 radical (unpaired) electrons. The van der Waals surface area contributed by atoms with Gasteiger partial charge in [-0.1, -0.05) is 18.2 Å². The fourth-order valence-electron chi connectivity index (χ4n) is 2.12. The monoisotopic (exact) mass is 251 g/mol. The van der Waals surface area contributed by atoms with E-state index in [-0.39, 0.29) is 11.9 Å². The van der Waals surface area contributed by atoms with Gasteiger partial charge < -0.3 is 14.9 Å². The van der Waals surface area contributed by atoms with Gasteiger partial charge in [0.05, 0.1) is 6.10 Å². The second-order valence-electron chi connectivity index (χ2n) is 4.37. The first-order valence-electron chi connectivity index (χ1n) is 6.04. The Hall–Kier alpha value is -1.59. The molecule has 18 heavy (non-hydrogen) atoms. The van der Waals surface area contributed by atoms with E-state index in [4.69, 9.17) is 4.74 Å². The average Bonchev–Trinajstić information content (AvgIpc) is 2.84. The highest BCUT2D eigenvalue weighted by molar-refractivity contribution is 5.76. The molecule has 0 bridgehead atoms. The van der Waals surface area contributed by atoms with Crippen LogP contribution in [0.2, 0.25) is 0 Å². The van der Waals surface area contributed by atoms with Gasteiger partial charge in [-0.15, -0.1) is 0 Å². The smallest absolute Gasteiger partial charge is 0.325 e. The Morgan fingerprint density at radius 1 is 1.50 bits per heavy atom. The second-order valence-corrected chi connectivity index (χ2v) is 4.37. The number of carboxylic acid groups (broad SMARTS) is 1. The summed E-state index contributed by atoms with van der Waals surface area (Å²) in [6.07, 6.45) is 2.03. The number of hydrogen-bond donors (Lipinski definition) is 3. The zero-order chi connectivity index (χ0) is 13.0. The normalized spacial score (nSPS) is 20.8. The standard InChI is InChI=1S/C13H17NO4/c15-11-6-2-1-5-10(11)12(13(16)17)14-8-9-4-3-7-18-9/h1-2,5-6,9,12,14-15H,3-4,7-8H2,(H,16,17). The van der Waals surface area contributed by atoms with E-state index in [2.05, 4.69) is 5.32 Å². The van der Waals surface area contributed by atoms with Crippen LogP contribution in [0.1, 0.15) is 24.4 Å². The number of rotatable bonds is 5. The maximum absolute atomic E-state index is 11.2. The molecule has 5 heteroatoms. The summed E-state index contributed by atoms with van der Waals surface area (Å²) >= 11 is 0. The van der Waals surface area contributed by atoms with Crippen molar-refractivity contribution in [3.63, 3.8) is 0 Å². The number of phenols is 1. The number of aromatic hydroxyl groups is 1. The van der Waals surface area contributed by atoms with Gasteiger partial charge in [-0.05, 0) is 18.9 Å². The topological polar surface area (TPSA) is 78.8 Å². The highest BCUT2D eigenvalue weighted by Gasteiger charge is 2.24. The minimum atomic E-state index is -1.01. The van der Waals surface area contributed by atoms with Crippen molar-refractivity contribution >= 4 is 5.97 Å². The van der Waals surface area contributed by atoms with Crippen LogP contribution in [-0.4, -0.2) is 35.4 Å². The summed E-state index contributed by atoms with van der Waals surface area (Å²) in [5, 5.41) is 21.8. The predicted octanol–water partition coefficient (Wildman–Crippen LogP) is 1.29. The average molecular weight is 251 g/mol. The number of carboxylic acids is 1. The minimum absolute atomic E-state index is 0.00950. The molecular formula is C13H17NO4. The summed E-state index contributed by atoms with van der Waals surface area (Å²) in [6.45, 7) is 1.21. The number of phenolic OH excluding ortho intramolecular Hbond substituents is 1. The molecule has 0 aliphatic carbocycles. The molecule has 1 aromatic carbocycles. The molecule has 5 nitrogen and oxygen atoms in total. The molecule has 1 aromatic rings. The lowest BCUT2D eigenvalue weighted by Gasteiger charge is -2.18. The van der Waals surface area contributed by atoms with Crippen molar-refractivity contribution in [2.24, 2.45) is 0 Å². The fraction of sp³-hybridized carbons (Fsp3) is 0.462. The molecule has 1 aliphatic rings. The van der Waals surface area contributed by atoms with Crippen LogP contribution in [0.3, 0.4) is 0 Å². The summed E-state index contributed by atoms with van der Waals surface area (Å²) in [5.74, 6) is -1.01. The molecule has 0 amide bonds. The largest absolute Gasteiger partial charge is 0.508 e. The first-order chi connectivity index (χ1) is 8.68. The number of carbonyl (C=O) groups is 1. The summed E-state index contributed by atoms with van der Waals surface area (Å²) in [5.41, 5.74) is 0.378. The lowest BCUT2D eigenvalue weighted by molar-refractivity contribution is -0.139. The van der Waals surface area contributed by atoms with E-state index in [0.29, 0.717) is 12.1 Å². The molecule has 1 aliphatic heterocycles. The van der Waals surface area contributed by atoms with Crippen molar-refractivity contribution in [3.05, 3.63) is 29.8 Å². The van der Waals surface area contributed by atoms with Gasteiger partial charge in [0.1, 0.15) is 11.8 Å².